The van der Waals surface area contributed by atoms with Crippen molar-refractivity contribution in [2.24, 2.45) is 0 Å². The molecule has 0 nitrogen and oxygen atoms in total. The minimum absolute atomic E-state index is 0. The number of rotatable bonds is 0. The third-order valence-electron chi connectivity index (χ3n) is 0. The Labute approximate surface area is 95.2 Å². The van der Waals surface area contributed by atoms with Gasteiger partial charge in [0, 0.05) is 97.2 Å². The van der Waals surface area contributed by atoms with Crippen LogP contribution in [0.2, 0.25) is 0 Å². The van der Waals surface area contributed by atoms with Crippen LogP contribution in [0.25, 0.3) is 0 Å². The van der Waals surface area contributed by atoms with Crippen molar-refractivity contribution in [1.82, 2.24) is 0 Å². The molecule has 0 atom stereocenters. The Kier molecular flexibility index (Phi) is 110. The average Bonchev–Trinajstić information content (AvgIpc) is 0. The van der Waals surface area contributed by atoms with E-state index < -0.39 is 0 Å². The Morgan fingerprint density at radius 3 is 1.00 bits per heavy atom. The maximum absolute atomic E-state index is 0. The second kappa shape index (κ2) is 16.3. The molecule has 0 saturated carbocycles. The molecule has 0 aliphatic rings. The molecule has 4 heteroatoms. The standard InChI is InChI=1S/Bi.Ga.Pb.Sn. The van der Waals surface area contributed by atoms with Gasteiger partial charge in [0.1, 0.15) is 0 Å². The van der Waals surface area contributed by atoms with Crippen LogP contribution in [0.1, 0.15) is 0 Å². The Balaban J connectivity index is 0. The monoisotopic (exact) mass is 606 g/mol. The Bertz CT molecular complexity index is 8.00. The molecule has 0 aromatic rings. The van der Waals surface area contributed by atoms with E-state index in [0.717, 1.165) is 0 Å². The molecule has 0 heterocycles. The molecule has 0 saturated heterocycles. The van der Waals surface area contributed by atoms with Crippen molar-refractivity contribution in [2.75, 3.05) is 0 Å². The third-order valence-corrected chi connectivity index (χ3v) is 0. The summed E-state index contributed by atoms with van der Waals surface area (Å²) in [5.41, 5.74) is 0. The molecular weight excluding hydrogens is 605 g/mol. The van der Waals surface area contributed by atoms with Crippen molar-refractivity contribution in [1.29, 1.82) is 0 Å². The number of hydrogen-bond donors (Lipinski definition) is 0. The summed E-state index contributed by atoms with van der Waals surface area (Å²) in [6.07, 6.45) is 0. The zero-order valence-corrected chi connectivity index (χ0v) is 14.7. The first-order chi connectivity index (χ1) is 0. The van der Waals surface area contributed by atoms with Crippen LogP contribution < -0.4 is 0 Å². The van der Waals surface area contributed by atoms with Crippen LogP contribution in [0.4, 0.5) is 0 Å². The molecule has 0 aromatic carbocycles. The summed E-state index contributed by atoms with van der Waals surface area (Å²) in [6, 6.07) is 0. The smallest absolute Gasteiger partial charge is 0 e. The second-order valence-corrected chi connectivity index (χ2v) is 0. The van der Waals surface area contributed by atoms with Gasteiger partial charge in [-0.3, -0.25) is 0 Å². The van der Waals surface area contributed by atoms with E-state index in [4.69, 9.17) is 0 Å². The van der Waals surface area contributed by atoms with E-state index in [1.54, 1.807) is 0 Å². The summed E-state index contributed by atoms with van der Waals surface area (Å²) in [4.78, 5) is 0. The predicted octanol–water partition coefficient (Wildman–Crippen LogP) is -1.52. The fourth-order valence-corrected chi connectivity index (χ4v) is 0. The fourth-order valence-electron chi connectivity index (χ4n) is 0. The Morgan fingerprint density at radius 1 is 1.00 bits per heavy atom. The molecule has 0 aromatic heterocycles. The molecule has 4 heavy (non-hydrogen) atoms. The van der Waals surface area contributed by atoms with Crippen molar-refractivity contribution >= 4 is 97.2 Å². The van der Waals surface area contributed by atoms with Gasteiger partial charge in [0.05, 0.1) is 0 Å². The molecule has 0 aliphatic heterocycles. The van der Waals surface area contributed by atoms with Gasteiger partial charge in [-0.15, -0.1) is 0 Å². The quantitative estimate of drug-likeness (QED) is 0.295. The van der Waals surface area contributed by atoms with Crippen molar-refractivity contribution in [2.45, 2.75) is 0 Å². The van der Waals surface area contributed by atoms with Crippen LogP contribution in [0.5, 0.6) is 0 Å². The molecule has 0 unspecified atom stereocenters. The molecular formula is BiGaPbSn. The maximum Gasteiger partial charge on any atom is 0 e. The SMILES string of the molecule is [Bi].[Ga].[Pb].[Sn]. The van der Waals surface area contributed by atoms with E-state index >= 15 is 0 Å². The van der Waals surface area contributed by atoms with Gasteiger partial charge in [0.25, 0.3) is 0 Å². The summed E-state index contributed by atoms with van der Waals surface area (Å²) >= 11 is 0. The molecule has 14 radical (unpaired) electrons. The largest absolute Gasteiger partial charge is 0 e. The van der Waals surface area contributed by atoms with Crippen molar-refractivity contribution in [3.05, 3.63) is 0 Å². The molecule has 0 rings (SSSR count). The molecule has 0 fully saturated rings. The minimum atomic E-state index is 0. The van der Waals surface area contributed by atoms with Crippen molar-refractivity contribution in [3.8, 4) is 0 Å². The van der Waals surface area contributed by atoms with Crippen molar-refractivity contribution < 1.29 is 0 Å². The topological polar surface area (TPSA) is 0 Å². The van der Waals surface area contributed by atoms with E-state index in [1.165, 1.54) is 0 Å². The minimum Gasteiger partial charge on any atom is 0 e. The van der Waals surface area contributed by atoms with E-state index in [9.17, 15) is 0 Å². The number of hydrogen-bond acceptors (Lipinski definition) is 0. The molecule has 0 amide bonds. The van der Waals surface area contributed by atoms with Gasteiger partial charge >= 0.3 is 0 Å². The summed E-state index contributed by atoms with van der Waals surface area (Å²) in [5, 5.41) is 0. The molecule has 0 N–H and O–H groups in total. The van der Waals surface area contributed by atoms with Gasteiger partial charge in [-0.05, 0) is 0 Å². The summed E-state index contributed by atoms with van der Waals surface area (Å²) in [6.45, 7) is 0. The normalized spacial score (nSPS) is 0. The fraction of sp³-hybridized carbons (Fsp3) is 0. The Hall–Kier alpha value is 3.24. The summed E-state index contributed by atoms with van der Waals surface area (Å²) in [5.74, 6) is 0. The zero-order valence-electron chi connectivity index (χ0n) is 2.02. The first-order valence-corrected chi connectivity index (χ1v) is 0. The van der Waals surface area contributed by atoms with Gasteiger partial charge in [0.15, 0.2) is 0 Å². The van der Waals surface area contributed by atoms with Crippen LogP contribution in [-0.2, 0) is 0 Å². The summed E-state index contributed by atoms with van der Waals surface area (Å²) in [7, 11) is 0. The van der Waals surface area contributed by atoms with Gasteiger partial charge in [-0.25, -0.2) is 0 Å². The van der Waals surface area contributed by atoms with Crippen molar-refractivity contribution in [3.63, 3.8) is 0 Å². The van der Waals surface area contributed by atoms with E-state index in [-0.39, 0.29) is 97.2 Å². The van der Waals surface area contributed by atoms with Gasteiger partial charge in [0.2, 0.25) is 0 Å². The van der Waals surface area contributed by atoms with E-state index in [2.05, 4.69) is 0 Å². The van der Waals surface area contributed by atoms with Crippen LogP contribution in [0.3, 0.4) is 0 Å². The second-order valence-electron chi connectivity index (χ2n) is 0. The molecule has 0 bridgehead atoms. The molecule has 16 valence electrons. The average molecular weight is 605 g/mol. The van der Waals surface area contributed by atoms with Crippen LogP contribution in [0, 0.1) is 0 Å². The van der Waals surface area contributed by atoms with Crippen LogP contribution in [-0.4, -0.2) is 97.2 Å². The maximum atomic E-state index is 0. The third kappa shape index (κ3) is 8.97. The van der Waals surface area contributed by atoms with E-state index in [0.29, 0.717) is 0 Å². The van der Waals surface area contributed by atoms with Gasteiger partial charge in [-0.1, -0.05) is 0 Å². The van der Waals surface area contributed by atoms with Crippen LogP contribution in [0.15, 0.2) is 0 Å². The molecule has 0 spiro atoms. The first-order valence-electron chi connectivity index (χ1n) is 0. The van der Waals surface area contributed by atoms with Gasteiger partial charge < -0.3 is 0 Å². The molecule has 0 aliphatic carbocycles. The van der Waals surface area contributed by atoms with Gasteiger partial charge in [-0.2, -0.15) is 0 Å². The first kappa shape index (κ1) is 26.9. The Morgan fingerprint density at radius 2 is 1.00 bits per heavy atom. The zero-order chi connectivity index (χ0) is 0. The predicted molar refractivity (Wildman–Crippen MR) is 23.0 cm³/mol. The summed E-state index contributed by atoms with van der Waals surface area (Å²) < 4.78 is 0. The van der Waals surface area contributed by atoms with E-state index in [1.807, 2.05) is 0 Å². The van der Waals surface area contributed by atoms with Crippen LogP contribution >= 0.6 is 0 Å².